The number of hydrogen-bond acceptors (Lipinski definition) is 8. The molecule has 5 heterocycles. The minimum Gasteiger partial charge on any atom is -0.486 e. The van der Waals surface area contributed by atoms with Gasteiger partial charge in [-0.3, -0.25) is 25.3 Å². The van der Waals surface area contributed by atoms with E-state index in [-0.39, 0.29) is 58.7 Å². The van der Waals surface area contributed by atoms with Crippen molar-refractivity contribution in [2.45, 2.75) is 52.4 Å². The summed E-state index contributed by atoms with van der Waals surface area (Å²) >= 11 is 1.31. The van der Waals surface area contributed by atoms with Crippen LogP contribution in [-0.2, 0) is 22.3 Å². The Morgan fingerprint density at radius 3 is 2.56 bits per heavy atom. The maximum Gasteiger partial charge on any atom is 0.433 e. The minimum absolute atomic E-state index is 0.113. The number of hydrogen-bond donors (Lipinski definition) is 1. The summed E-state index contributed by atoms with van der Waals surface area (Å²) in [6, 6.07) is 4.46. The van der Waals surface area contributed by atoms with Crippen molar-refractivity contribution in [3.63, 3.8) is 0 Å². The topological polar surface area (TPSA) is 102 Å². The quantitative estimate of drug-likeness (QED) is 0.362. The van der Waals surface area contributed by atoms with E-state index in [1.807, 2.05) is 13.8 Å². The van der Waals surface area contributed by atoms with E-state index in [0.29, 0.717) is 22.3 Å². The lowest BCUT2D eigenvalue weighted by Crippen LogP contribution is -2.45. The average Bonchev–Trinajstić information content (AvgIpc) is 3.09. The van der Waals surface area contributed by atoms with Crippen LogP contribution in [0.2, 0.25) is 0 Å². The molecule has 206 valence electrons. The molecule has 0 spiro atoms. The van der Waals surface area contributed by atoms with Crippen molar-refractivity contribution in [2.75, 3.05) is 13.1 Å². The zero-order valence-electron chi connectivity index (χ0n) is 21.7. The lowest BCUT2D eigenvalue weighted by molar-refractivity contribution is -0.144. The van der Waals surface area contributed by atoms with Gasteiger partial charge in [0.25, 0.3) is 0 Å². The van der Waals surface area contributed by atoms with Crippen molar-refractivity contribution in [3.8, 4) is 16.9 Å². The Morgan fingerprint density at radius 1 is 1.18 bits per heavy atom. The number of ether oxygens (including phenoxy) is 1. The Bertz CT molecular complexity index is 1480. The first-order valence-corrected chi connectivity index (χ1v) is 13.7. The van der Waals surface area contributed by atoms with Crippen molar-refractivity contribution >= 4 is 33.4 Å². The molecule has 0 aromatic carbocycles. The Kier molecular flexibility index (Phi) is 6.01. The van der Waals surface area contributed by atoms with Gasteiger partial charge in [0.05, 0.1) is 34.3 Å². The molecule has 2 aliphatic heterocycles. The highest BCUT2D eigenvalue weighted by atomic mass is 32.1. The smallest absolute Gasteiger partial charge is 0.433 e. The highest BCUT2D eigenvalue weighted by Crippen LogP contribution is 2.63. The summed E-state index contributed by atoms with van der Waals surface area (Å²) in [5.41, 5.74) is 0.169. The van der Waals surface area contributed by atoms with E-state index in [1.54, 1.807) is 17.1 Å². The number of hydrazine groups is 1. The molecule has 2 unspecified atom stereocenters. The fourth-order valence-electron chi connectivity index (χ4n) is 5.98. The molecule has 0 radical (unpaired) electrons. The standard InChI is InChI=1S/C27H28F3N5O3S/c1-13-22(38-14-5-4-8-34(31)11-14)17(10-19(33-13)27(28,29)30)16-6-7-32-18-9-15(39-23(16)18)12-35-24(36)20-21(25(35)37)26(20,2)3/h6-7,9-10,14,20-21H,4-5,8,11-12,31H2,1-3H3/t14-,20?,21?/m0/s1. The van der Waals surface area contributed by atoms with Crippen LogP contribution < -0.4 is 10.6 Å². The van der Waals surface area contributed by atoms with Gasteiger partial charge in [-0.2, -0.15) is 13.2 Å². The van der Waals surface area contributed by atoms with Gasteiger partial charge in [-0.25, -0.2) is 9.99 Å². The normalized spacial score (nSPS) is 24.9. The number of fused-ring (bicyclic) bond motifs is 2. The molecule has 3 atom stereocenters. The van der Waals surface area contributed by atoms with Crippen molar-refractivity contribution in [3.05, 3.63) is 40.7 Å². The number of piperidine rings is 2. The first kappa shape index (κ1) is 26.1. The zero-order chi connectivity index (χ0) is 27.9. The zero-order valence-corrected chi connectivity index (χ0v) is 22.5. The molecule has 39 heavy (non-hydrogen) atoms. The van der Waals surface area contributed by atoms with Gasteiger partial charge in [-0.1, -0.05) is 13.8 Å². The maximum atomic E-state index is 13.8. The van der Waals surface area contributed by atoms with Crippen molar-refractivity contribution in [1.82, 2.24) is 19.9 Å². The number of thiophene rings is 1. The van der Waals surface area contributed by atoms with Gasteiger partial charge >= 0.3 is 6.18 Å². The number of halogens is 3. The first-order chi connectivity index (χ1) is 18.4. The molecule has 1 aliphatic carbocycles. The average molecular weight is 560 g/mol. The van der Waals surface area contributed by atoms with E-state index in [9.17, 15) is 22.8 Å². The van der Waals surface area contributed by atoms with Crippen LogP contribution in [0.5, 0.6) is 5.75 Å². The Morgan fingerprint density at radius 2 is 1.90 bits per heavy atom. The lowest BCUT2D eigenvalue weighted by atomic mass is 10.0. The van der Waals surface area contributed by atoms with Gasteiger partial charge in [-0.05, 0) is 43.4 Å². The maximum absolute atomic E-state index is 13.8. The molecule has 2 N–H and O–H groups in total. The van der Waals surface area contributed by atoms with Crippen LogP contribution in [0.4, 0.5) is 13.2 Å². The van der Waals surface area contributed by atoms with Crippen molar-refractivity contribution in [1.29, 1.82) is 0 Å². The summed E-state index contributed by atoms with van der Waals surface area (Å²) in [5, 5.41) is 1.64. The van der Waals surface area contributed by atoms with Gasteiger partial charge in [0, 0.05) is 35.3 Å². The minimum atomic E-state index is -4.64. The highest BCUT2D eigenvalue weighted by molar-refractivity contribution is 7.19. The van der Waals surface area contributed by atoms with Crippen LogP contribution in [-0.4, -0.2) is 50.9 Å². The third-order valence-corrected chi connectivity index (χ3v) is 9.23. The Balaban J connectivity index is 1.39. The number of amides is 2. The van der Waals surface area contributed by atoms with Gasteiger partial charge < -0.3 is 4.74 Å². The summed E-state index contributed by atoms with van der Waals surface area (Å²) in [6.45, 7) is 6.64. The highest BCUT2D eigenvalue weighted by Gasteiger charge is 2.72. The van der Waals surface area contributed by atoms with Gasteiger partial charge in [0.2, 0.25) is 11.8 Å². The molecule has 3 aromatic heterocycles. The van der Waals surface area contributed by atoms with E-state index in [1.165, 1.54) is 29.4 Å². The van der Waals surface area contributed by atoms with Crippen LogP contribution in [0.3, 0.4) is 0 Å². The van der Waals surface area contributed by atoms with Crippen LogP contribution in [0, 0.1) is 24.2 Å². The number of alkyl halides is 3. The molecule has 6 rings (SSSR count). The molecule has 12 heteroatoms. The number of nitrogens with zero attached hydrogens (tertiary/aromatic N) is 4. The third kappa shape index (κ3) is 4.38. The lowest BCUT2D eigenvalue weighted by Gasteiger charge is -2.30. The molecular weight excluding hydrogens is 531 g/mol. The molecule has 3 aliphatic rings. The van der Waals surface area contributed by atoms with Gasteiger partial charge in [0.15, 0.2) is 0 Å². The Labute approximate surface area is 226 Å². The largest absolute Gasteiger partial charge is 0.486 e. The number of aryl methyl sites for hydroxylation is 1. The number of likely N-dealkylation sites (tertiary alicyclic amines) is 1. The number of pyridine rings is 2. The van der Waals surface area contributed by atoms with Crippen LogP contribution in [0.25, 0.3) is 21.3 Å². The molecule has 8 nitrogen and oxygen atoms in total. The molecular formula is C27H28F3N5O3S. The number of rotatable bonds is 5. The van der Waals surface area contributed by atoms with Crippen LogP contribution in [0.15, 0.2) is 24.4 Å². The monoisotopic (exact) mass is 559 g/mol. The van der Waals surface area contributed by atoms with E-state index in [0.717, 1.165) is 30.3 Å². The second-order valence-corrected chi connectivity index (χ2v) is 12.3. The number of nitrogens with two attached hydrogens (primary N) is 1. The molecule has 2 saturated heterocycles. The van der Waals surface area contributed by atoms with E-state index < -0.39 is 11.9 Å². The fraction of sp³-hybridized carbons (Fsp3) is 0.481. The summed E-state index contributed by atoms with van der Waals surface area (Å²) < 4.78 is 48.3. The fourth-order valence-corrected chi connectivity index (χ4v) is 7.11. The predicted molar refractivity (Wildman–Crippen MR) is 138 cm³/mol. The van der Waals surface area contributed by atoms with Gasteiger partial charge in [-0.15, -0.1) is 11.3 Å². The first-order valence-electron chi connectivity index (χ1n) is 12.8. The second kappa shape index (κ2) is 8.97. The second-order valence-electron chi connectivity index (χ2n) is 11.2. The molecule has 1 saturated carbocycles. The number of imide groups is 1. The van der Waals surface area contributed by atoms with E-state index in [4.69, 9.17) is 10.6 Å². The molecule has 0 bridgehead atoms. The van der Waals surface area contributed by atoms with Crippen LogP contribution in [0.1, 0.15) is 43.0 Å². The van der Waals surface area contributed by atoms with Crippen LogP contribution >= 0.6 is 11.3 Å². The SMILES string of the molecule is Cc1nc(C(F)(F)F)cc(-c2ccnc3cc(CN4C(=O)C5C(C4=O)C5(C)C)sc23)c1O[C@H]1CCCN(N)C1. The third-order valence-electron chi connectivity index (χ3n) is 8.09. The Hall–Kier alpha value is -3.09. The number of carbonyl (C=O) groups excluding carboxylic acids is 2. The van der Waals surface area contributed by atoms with Crippen molar-refractivity contribution < 1.29 is 27.5 Å². The molecule has 3 fully saturated rings. The van der Waals surface area contributed by atoms with E-state index >= 15 is 0 Å². The van der Waals surface area contributed by atoms with E-state index in [2.05, 4.69) is 9.97 Å². The molecule has 3 aromatic rings. The molecule has 2 amide bonds. The number of carbonyl (C=O) groups is 2. The summed E-state index contributed by atoms with van der Waals surface area (Å²) in [7, 11) is 0. The summed E-state index contributed by atoms with van der Waals surface area (Å²) in [4.78, 5) is 36.0. The summed E-state index contributed by atoms with van der Waals surface area (Å²) in [5.74, 6) is 5.35. The number of aromatic nitrogens is 2. The predicted octanol–water partition coefficient (Wildman–Crippen LogP) is 4.54. The van der Waals surface area contributed by atoms with Gasteiger partial charge in [0.1, 0.15) is 17.5 Å². The summed E-state index contributed by atoms with van der Waals surface area (Å²) in [6.07, 6.45) is -1.87. The van der Waals surface area contributed by atoms with Crippen molar-refractivity contribution in [2.24, 2.45) is 23.1 Å².